The third-order valence-electron chi connectivity index (χ3n) is 5.43. The highest BCUT2D eigenvalue weighted by Gasteiger charge is 2.53. The van der Waals surface area contributed by atoms with Gasteiger partial charge >= 0.3 is 0 Å². The Hall–Kier alpha value is -3.38. The van der Waals surface area contributed by atoms with Crippen molar-refractivity contribution in [2.24, 2.45) is 5.92 Å². The first kappa shape index (κ1) is 20.9. The SMILES string of the molecule is COc1ccc([C@@H]2[C@H](/C=C\c3ccccc3)C(=O)N2S(=O)(=O)c2ccc(C)cc2)cc1. The van der Waals surface area contributed by atoms with Crippen molar-refractivity contribution < 1.29 is 17.9 Å². The largest absolute Gasteiger partial charge is 0.497 e. The second-order valence-electron chi connectivity index (χ2n) is 7.47. The number of sulfonamides is 1. The summed E-state index contributed by atoms with van der Waals surface area (Å²) in [4.78, 5) is 13.2. The lowest BCUT2D eigenvalue weighted by atomic mass is 9.84. The number of ether oxygens (including phenoxy) is 1. The quantitative estimate of drug-likeness (QED) is 0.533. The third-order valence-corrected chi connectivity index (χ3v) is 7.22. The predicted octanol–water partition coefficient (Wildman–Crippen LogP) is 4.61. The summed E-state index contributed by atoms with van der Waals surface area (Å²) in [5, 5.41) is 0. The van der Waals surface area contributed by atoms with Gasteiger partial charge in [0, 0.05) is 0 Å². The van der Waals surface area contributed by atoms with Crippen LogP contribution in [-0.4, -0.2) is 25.7 Å². The molecule has 0 aromatic heterocycles. The second kappa shape index (κ2) is 8.40. The van der Waals surface area contributed by atoms with E-state index in [4.69, 9.17) is 4.74 Å². The molecule has 3 aromatic rings. The van der Waals surface area contributed by atoms with Crippen LogP contribution >= 0.6 is 0 Å². The molecule has 0 unspecified atom stereocenters. The smallest absolute Gasteiger partial charge is 0.267 e. The van der Waals surface area contributed by atoms with E-state index in [1.54, 1.807) is 49.6 Å². The van der Waals surface area contributed by atoms with Crippen molar-refractivity contribution in [3.63, 3.8) is 0 Å². The number of methoxy groups -OCH3 is 1. The van der Waals surface area contributed by atoms with Crippen molar-refractivity contribution in [1.82, 2.24) is 4.31 Å². The van der Waals surface area contributed by atoms with Crippen LogP contribution in [0.15, 0.2) is 89.8 Å². The Bertz CT molecular complexity index is 1200. The van der Waals surface area contributed by atoms with Crippen LogP contribution < -0.4 is 4.74 Å². The van der Waals surface area contributed by atoms with E-state index < -0.39 is 27.9 Å². The van der Waals surface area contributed by atoms with Gasteiger partial charge in [0.1, 0.15) is 5.75 Å². The number of benzene rings is 3. The highest BCUT2D eigenvalue weighted by atomic mass is 32.2. The minimum atomic E-state index is -3.98. The van der Waals surface area contributed by atoms with Crippen LogP contribution in [0.5, 0.6) is 5.75 Å². The van der Waals surface area contributed by atoms with E-state index in [1.165, 1.54) is 12.1 Å². The number of carbonyl (C=O) groups is 1. The molecule has 0 radical (unpaired) electrons. The summed E-state index contributed by atoms with van der Waals surface area (Å²) in [5.74, 6) is -0.346. The number of carbonyl (C=O) groups excluding carboxylic acids is 1. The van der Waals surface area contributed by atoms with Crippen LogP contribution in [0, 0.1) is 12.8 Å². The number of rotatable bonds is 6. The number of aryl methyl sites for hydroxylation is 1. The molecule has 3 aromatic carbocycles. The van der Waals surface area contributed by atoms with E-state index in [0.29, 0.717) is 5.75 Å². The summed E-state index contributed by atoms with van der Waals surface area (Å²) in [7, 11) is -2.41. The molecule has 0 N–H and O–H groups in total. The fraction of sp³-hybridized carbons (Fsp3) is 0.160. The highest BCUT2D eigenvalue weighted by Crippen LogP contribution is 2.45. The van der Waals surface area contributed by atoms with Gasteiger partial charge in [0.05, 0.1) is 24.0 Å². The van der Waals surface area contributed by atoms with Crippen LogP contribution in [0.3, 0.4) is 0 Å². The Morgan fingerprint density at radius 1 is 0.903 bits per heavy atom. The van der Waals surface area contributed by atoms with Crippen LogP contribution in [0.1, 0.15) is 22.7 Å². The average molecular weight is 434 g/mol. The number of β-lactam (4-membered cyclic amide) rings is 1. The van der Waals surface area contributed by atoms with Crippen molar-refractivity contribution in [2.75, 3.05) is 7.11 Å². The number of hydrogen-bond donors (Lipinski definition) is 0. The zero-order valence-corrected chi connectivity index (χ0v) is 18.1. The van der Waals surface area contributed by atoms with E-state index in [9.17, 15) is 13.2 Å². The molecule has 1 aliphatic rings. The Labute approximate surface area is 182 Å². The van der Waals surface area contributed by atoms with Gasteiger partial charge in [-0.1, -0.05) is 72.3 Å². The molecular formula is C25H23NO4S. The summed E-state index contributed by atoms with van der Waals surface area (Å²) in [5.41, 5.74) is 2.63. The van der Waals surface area contributed by atoms with Gasteiger partial charge in [-0.2, -0.15) is 0 Å². The molecular weight excluding hydrogens is 410 g/mol. The first-order valence-corrected chi connectivity index (χ1v) is 11.4. The van der Waals surface area contributed by atoms with Gasteiger partial charge in [0.25, 0.3) is 10.0 Å². The highest BCUT2D eigenvalue weighted by molar-refractivity contribution is 7.89. The second-order valence-corrected chi connectivity index (χ2v) is 9.28. The topological polar surface area (TPSA) is 63.7 Å². The summed E-state index contributed by atoms with van der Waals surface area (Å²) < 4.78 is 32.9. The standard InChI is InChI=1S/C25H23NO4S/c1-18-8-15-22(16-9-18)31(28,29)26-24(20-11-13-21(30-2)14-12-20)23(25(26)27)17-10-19-6-4-3-5-7-19/h3-17,23-24H,1-2H3/b17-10-/t23-,24+/m0/s1. The van der Waals surface area contributed by atoms with Crippen LogP contribution in [-0.2, 0) is 14.8 Å². The molecule has 1 amide bonds. The van der Waals surface area contributed by atoms with E-state index in [1.807, 2.05) is 43.3 Å². The lowest BCUT2D eigenvalue weighted by molar-refractivity contribution is -0.143. The summed E-state index contributed by atoms with van der Waals surface area (Å²) in [6.07, 6.45) is 3.64. The van der Waals surface area contributed by atoms with Gasteiger partial charge in [0.2, 0.25) is 5.91 Å². The molecule has 1 heterocycles. The summed E-state index contributed by atoms with van der Waals surface area (Å²) in [6.45, 7) is 1.88. The molecule has 4 rings (SSSR count). The maximum Gasteiger partial charge on any atom is 0.267 e. The van der Waals surface area contributed by atoms with Gasteiger partial charge in [-0.3, -0.25) is 4.79 Å². The van der Waals surface area contributed by atoms with Gasteiger partial charge in [0.15, 0.2) is 0 Å². The van der Waals surface area contributed by atoms with Crippen molar-refractivity contribution in [2.45, 2.75) is 17.9 Å². The van der Waals surface area contributed by atoms with Gasteiger partial charge in [-0.15, -0.1) is 0 Å². The molecule has 0 saturated carbocycles. The van der Waals surface area contributed by atoms with E-state index in [-0.39, 0.29) is 4.90 Å². The summed E-state index contributed by atoms with van der Waals surface area (Å²) >= 11 is 0. The molecule has 0 spiro atoms. The maximum atomic E-state index is 13.3. The maximum absolute atomic E-state index is 13.3. The molecule has 1 fully saturated rings. The molecule has 5 nitrogen and oxygen atoms in total. The zero-order chi connectivity index (χ0) is 22.0. The monoisotopic (exact) mass is 433 g/mol. The molecule has 158 valence electrons. The molecule has 31 heavy (non-hydrogen) atoms. The lowest BCUT2D eigenvalue weighted by Gasteiger charge is -2.45. The van der Waals surface area contributed by atoms with Gasteiger partial charge < -0.3 is 4.74 Å². The van der Waals surface area contributed by atoms with Crippen molar-refractivity contribution in [1.29, 1.82) is 0 Å². The normalized spacial score (nSPS) is 18.8. The molecule has 0 bridgehead atoms. The predicted molar refractivity (Wildman–Crippen MR) is 120 cm³/mol. The molecule has 1 saturated heterocycles. The van der Waals surface area contributed by atoms with Gasteiger partial charge in [-0.25, -0.2) is 12.7 Å². The first-order valence-electron chi connectivity index (χ1n) is 9.94. The Morgan fingerprint density at radius 3 is 2.16 bits per heavy atom. The van der Waals surface area contributed by atoms with Crippen molar-refractivity contribution in [3.8, 4) is 5.75 Å². The molecule has 1 aliphatic heterocycles. The van der Waals surface area contributed by atoms with Crippen molar-refractivity contribution in [3.05, 3.63) is 102 Å². The van der Waals surface area contributed by atoms with Crippen LogP contribution in [0.4, 0.5) is 0 Å². The molecule has 6 heteroatoms. The molecule has 2 atom stereocenters. The molecule has 0 aliphatic carbocycles. The number of amides is 1. The lowest BCUT2D eigenvalue weighted by Crippen LogP contribution is -2.56. The fourth-order valence-corrected chi connectivity index (χ4v) is 5.30. The van der Waals surface area contributed by atoms with Crippen molar-refractivity contribution >= 4 is 22.0 Å². The average Bonchev–Trinajstić information content (AvgIpc) is 2.78. The Kier molecular flexibility index (Phi) is 5.65. The number of nitrogens with zero attached hydrogens (tertiary/aromatic N) is 1. The van der Waals surface area contributed by atoms with E-state index >= 15 is 0 Å². The van der Waals surface area contributed by atoms with E-state index in [0.717, 1.165) is 21.0 Å². The Morgan fingerprint density at radius 2 is 1.55 bits per heavy atom. The zero-order valence-electron chi connectivity index (χ0n) is 17.3. The Balaban J connectivity index is 1.72. The minimum Gasteiger partial charge on any atom is -0.497 e. The van der Waals surface area contributed by atoms with E-state index in [2.05, 4.69) is 0 Å². The number of hydrogen-bond acceptors (Lipinski definition) is 4. The van der Waals surface area contributed by atoms with Crippen LogP contribution in [0.25, 0.3) is 6.08 Å². The summed E-state index contributed by atoms with van der Waals surface area (Å²) in [6, 6.07) is 22.7. The van der Waals surface area contributed by atoms with Crippen LogP contribution in [0.2, 0.25) is 0 Å². The minimum absolute atomic E-state index is 0.107. The van der Waals surface area contributed by atoms with Gasteiger partial charge in [-0.05, 0) is 42.3 Å². The fourth-order valence-electron chi connectivity index (χ4n) is 3.68. The third kappa shape index (κ3) is 3.99. The first-order chi connectivity index (χ1) is 14.9.